The molecule has 1 N–H and O–H groups in total. The number of aryl methyl sites for hydroxylation is 1. The Balaban J connectivity index is 2.32. The van der Waals surface area contributed by atoms with Gasteiger partial charge in [-0.3, -0.25) is 4.72 Å². The van der Waals surface area contributed by atoms with Crippen LogP contribution in [0.15, 0.2) is 45.9 Å². The van der Waals surface area contributed by atoms with Gasteiger partial charge in [-0.1, -0.05) is 15.9 Å². The van der Waals surface area contributed by atoms with Gasteiger partial charge in [0, 0.05) is 4.47 Å². The Morgan fingerprint density at radius 2 is 2.00 bits per heavy atom. The van der Waals surface area contributed by atoms with Crippen molar-refractivity contribution in [2.75, 3.05) is 4.72 Å². The number of pyridine rings is 1. The van der Waals surface area contributed by atoms with E-state index in [1.54, 1.807) is 19.1 Å². The minimum Gasteiger partial charge on any atom is -0.278 e. The Labute approximate surface area is 118 Å². The van der Waals surface area contributed by atoms with Crippen molar-refractivity contribution < 1.29 is 12.8 Å². The quantitative estimate of drug-likeness (QED) is 0.870. The van der Waals surface area contributed by atoms with Gasteiger partial charge in [-0.05, 0) is 42.8 Å². The summed E-state index contributed by atoms with van der Waals surface area (Å²) in [6.45, 7) is 1.79. The molecule has 2 rings (SSSR count). The lowest BCUT2D eigenvalue weighted by atomic mass is 10.2. The lowest BCUT2D eigenvalue weighted by Crippen LogP contribution is -2.13. The first-order valence-electron chi connectivity index (χ1n) is 5.29. The van der Waals surface area contributed by atoms with Crippen LogP contribution in [0.25, 0.3) is 0 Å². The average molecular weight is 345 g/mol. The Kier molecular flexibility index (Phi) is 3.86. The van der Waals surface area contributed by atoms with Crippen LogP contribution in [0.1, 0.15) is 5.56 Å². The van der Waals surface area contributed by atoms with Gasteiger partial charge >= 0.3 is 0 Å². The molecule has 0 saturated carbocycles. The predicted octanol–water partition coefficient (Wildman–Crippen LogP) is 3.09. The van der Waals surface area contributed by atoms with E-state index in [-0.39, 0.29) is 10.6 Å². The fourth-order valence-corrected chi connectivity index (χ4v) is 2.81. The monoisotopic (exact) mass is 344 g/mol. The van der Waals surface area contributed by atoms with Crippen molar-refractivity contribution in [1.29, 1.82) is 0 Å². The van der Waals surface area contributed by atoms with E-state index in [1.165, 1.54) is 12.1 Å². The average Bonchev–Trinajstić information content (AvgIpc) is 2.35. The summed E-state index contributed by atoms with van der Waals surface area (Å²) in [7, 11) is -3.70. The number of halogens is 2. The van der Waals surface area contributed by atoms with Crippen LogP contribution in [0.2, 0.25) is 0 Å². The molecule has 0 fully saturated rings. The van der Waals surface area contributed by atoms with E-state index in [9.17, 15) is 12.8 Å². The molecular weight excluding hydrogens is 335 g/mol. The standard InChI is InChI=1S/C12H10BrFN2O2S/c1-8-6-10(3-4-11(8)13)19(17,18)16-9-2-5-12(14)15-7-9/h2-7,16H,1H3. The van der Waals surface area contributed by atoms with E-state index in [0.29, 0.717) is 0 Å². The second kappa shape index (κ2) is 5.26. The Morgan fingerprint density at radius 3 is 2.58 bits per heavy atom. The second-order valence-electron chi connectivity index (χ2n) is 3.89. The molecule has 0 aliphatic carbocycles. The van der Waals surface area contributed by atoms with Crippen LogP contribution in [-0.4, -0.2) is 13.4 Å². The zero-order valence-corrected chi connectivity index (χ0v) is 12.3. The zero-order valence-electron chi connectivity index (χ0n) is 9.89. The summed E-state index contributed by atoms with van der Waals surface area (Å²) in [5.74, 6) is -0.664. The van der Waals surface area contributed by atoms with E-state index < -0.39 is 16.0 Å². The number of rotatable bonds is 3. The molecule has 4 nitrogen and oxygen atoms in total. The molecule has 2 aromatic rings. The first-order chi connectivity index (χ1) is 8.88. The second-order valence-corrected chi connectivity index (χ2v) is 6.42. The first-order valence-corrected chi connectivity index (χ1v) is 7.56. The van der Waals surface area contributed by atoms with Crippen LogP contribution in [-0.2, 0) is 10.0 Å². The van der Waals surface area contributed by atoms with Crippen LogP contribution >= 0.6 is 15.9 Å². The molecule has 0 radical (unpaired) electrons. The molecular formula is C12H10BrFN2O2S. The lowest BCUT2D eigenvalue weighted by molar-refractivity contribution is 0.583. The number of benzene rings is 1. The van der Waals surface area contributed by atoms with Gasteiger partial charge in [0.1, 0.15) is 0 Å². The summed E-state index contributed by atoms with van der Waals surface area (Å²) >= 11 is 3.30. The maximum Gasteiger partial charge on any atom is 0.261 e. The number of hydrogen-bond donors (Lipinski definition) is 1. The largest absolute Gasteiger partial charge is 0.278 e. The van der Waals surface area contributed by atoms with Gasteiger partial charge in [0.15, 0.2) is 0 Å². The molecule has 7 heteroatoms. The molecule has 1 aromatic carbocycles. The lowest BCUT2D eigenvalue weighted by Gasteiger charge is -2.08. The molecule has 0 aliphatic rings. The fraction of sp³-hybridized carbons (Fsp3) is 0.0833. The number of anilines is 1. The molecule has 0 atom stereocenters. The molecule has 100 valence electrons. The predicted molar refractivity (Wildman–Crippen MR) is 73.9 cm³/mol. The van der Waals surface area contributed by atoms with Crippen molar-refractivity contribution in [2.24, 2.45) is 0 Å². The maximum absolute atomic E-state index is 12.6. The number of sulfonamides is 1. The smallest absolute Gasteiger partial charge is 0.261 e. The Bertz CT molecular complexity index is 702. The van der Waals surface area contributed by atoms with E-state index in [4.69, 9.17) is 0 Å². The van der Waals surface area contributed by atoms with Crippen LogP contribution in [0.4, 0.5) is 10.1 Å². The van der Waals surface area contributed by atoms with Gasteiger partial charge in [-0.25, -0.2) is 13.4 Å². The van der Waals surface area contributed by atoms with Crippen molar-refractivity contribution in [3.63, 3.8) is 0 Å². The van der Waals surface area contributed by atoms with Gasteiger partial charge in [0.25, 0.3) is 10.0 Å². The number of aromatic nitrogens is 1. The summed E-state index contributed by atoms with van der Waals surface area (Å²) in [4.78, 5) is 3.52. The topological polar surface area (TPSA) is 59.1 Å². The highest BCUT2D eigenvalue weighted by Crippen LogP contribution is 2.21. The molecule has 0 bridgehead atoms. The minimum absolute atomic E-state index is 0.137. The summed E-state index contributed by atoms with van der Waals surface area (Å²) in [6, 6.07) is 7.09. The Hall–Kier alpha value is -1.47. The van der Waals surface area contributed by atoms with Crippen LogP contribution in [0, 0.1) is 12.9 Å². The highest BCUT2D eigenvalue weighted by Gasteiger charge is 2.15. The SMILES string of the molecule is Cc1cc(S(=O)(=O)Nc2ccc(F)nc2)ccc1Br. The van der Waals surface area contributed by atoms with Crippen LogP contribution < -0.4 is 4.72 Å². The molecule has 0 spiro atoms. The third kappa shape index (κ3) is 3.30. The third-order valence-corrected chi connectivity index (χ3v) is 4.69. The van der Waals surface area contributed by atoms with Crippen molar-refractivity contribution >= 4 is 31.6 Å². The Morgan fingerprint density at radius 1 is 1.26 bits per heavy atom. The molecule has 0 aliphatic heterocycles. The van der Waals surface area contributed by atoms with Crippen molar-refractivity contribution in [3.05, 3.63) is 52.5 Å². The van der Waals surface area contributed by atoms with Crippen LogP contribution in [0.3, 0.4) is 0 Å². The third-order valence-electron chi connectivity index (χ3n) is 2.42. The number of hydrogen-bond acceptors (Lipinski definition) is 3. The zero-order chi connectivity index (χ0) is 14.0. The maximum atomic E-state index is 12.6. The molecule has 1 heterocycles. The van der Waals surface area contributed by atoms with Crippen molar-refractivity contribution in [3.8, 4) is 0 Å². The van der Waals surface area contributed by atoms with Gasteiger partial charge in [0.2, 0.25) is 5.95 Å². The van der Waals surface area contributed by atoms with E-state index in [2.05, 4.69) is 25.6 Å². The van der Waals surface area contributed by atoms with Crippen LogP contribution in [0.5, 0.6) is 0 Å². The minimum atomic E-state index is -3.70. The van der Waals surface area contributed by atoms with Crippen molar-refractivity contribution in [2.45, 2.75) is 11.8 Å². The highest BCUT2D eigenvalue weighted by atomic mass is 79.9. The summed E-state index contributed by atoms with van der Waals surface area (Å²) < 4.78 is 40.0. The summed E-state index contributed by atoms with van der Waals surface area (Å²) in [5, 5.41) is 0. The van der Waals surface area contributed by atoms with E-state index in [1.807, 2.05) is 0 Å². The van der Waals surface area contributed by atoms with Gasteiger partial charge < -0.3 is 0 Å². The van der Waals surface area contributed by atoms with E-state index >= 15 is 0 Å². The van der Waals surface area contributed by atoms with Crippen molar-refractivity contribution in [1.82, 2.24) is 4.98 Å². The fourth-order valence-electron chi connectivity index (χ4n) is 1.43. The highest BCUT2D eigenvalue weighted by molar-refractivity contribution is 9.10. The van der Waals surface area contributed by atoms with Gasteiger partial charge in [0.05, 0.1) is 16.8 Å². The van der Waals surface area contributed by atoms with E-state index in [0.717, 1.165) is 22.3 Å². The molecule has 0 saturated heterocycles. The summed E-state index contributed by atoms with van der Waals surface area (Å²) in [5.41, 5.74) is 1.02. The first kappa shape index (κ1) is 14.0. The number of nitrogens with one attached hydrogen (secondary N) is 1. The molecule has 0 amide bonds. The van der Waals surface area contributed by atoms with Gasteiger partial charge in [-0.15, -0.1) is 0 Å². The molecule has 19 heavy (non-hydrogen) atoms. The molecule has 1 aromatic heterocycles. The number of nitrogens with zero attached hydrogens (tertiary/aromatic N) is 1. The normalized spacial score (nSPS) is 11.3. The summed E-state index contributed by atoms with van der Waals surface area (Å²) in [6.07, 6.45) is 1.12. The molecule has 0 unspecified atom stereocenters. The van der Waals surface area contributed by atoms with Gasteiger partial charge in [-0.2, -0.15) is 4.39 Å².